The fraction of sp³-hybridized carbons (Fsp3) is 0. The molecule has 0 radical (unpaired) electrons. The lowest BCUT2D eigenvalue weighted by atomic mass is 10.6. The third-order valence-electron chi connectivity index (χ3n) is 0.427. The Hall–Kier alpha value is -0.590. The van der Waals surface area contributed by atoms with Crippen LogP contribution in [0.15, 0.2) is 12.7 Å². The van der Waals surface area contributed by atoms with Crippen LogP contribution in [0.1, 0.15) is 0 Å². The number of hydroxylamine groups is 1. The number of halogens is 1. The van der Waals surface area contributed by atoms with Crippen molar-refractivity contribution in [3.63, 3.8) is 0 Å². The Balaban J connectivity index is 3.78. The quantitative estimate of drug-likeness (QED) is 0.372. The summed E-state index contributed by atoms with van der Waals surface area (Å²) in [7, 11) is 0.398. The largest absolute Gasteiger partial charge is 0.376 e. The Morgan fingerprint density at radius 2 is 2.20 bits per heavy atom. The van der Waals surface area contributed by atoms with Crippen molar-refractivity contribution in [2.75, 3.05) is 0 Å². The first kappa shape index (κ1) is 9.41. The van der Waals surface area contributed by atoms with Gasteiger partial charge in [0.15, 0.2) is 0 Å². The van der Waals surface area contributed by atoms with E-state index in [1.54, 1.807) is 0 Å². The second-order valence-electron chi connectivity index (χ2n) is 1.15. The Morgan fingerprint density at radius 3 is 2.50 bits per heavy atom. The first-order chi connectivity index (χ1) is 4.45. The molecule has 1 N–H and O–H groups in total. The maximum Gasteiger partial charge on any atom is 0.376 e. The van der Waals surface area contributed by atoms with Crippen molar-refractivity contribution in [1.82, 2.24) is 5.48 Å². The summed E-state index contributed by atoms with van der Waals surface area (Å²) in [5, 5.41) is 0. The number of carbonyl (C=O) groups is 1. The third kappa shape index (κ3) is 5.54. The number of hydrogen-bond acceptors (Lipinski definition) is 4. The van der Waals surface area contributed by atoms with Crippen molar-refractivity contribution in [3.8, 4) is 0 Å². The minimum atomic E-state index is -4.14. The lowest BCUT2D eigenvalue weighted by Crippen LogP contribution is -2.22. The number of rotatable bonds is 3. The van der Waals surface area contributed by atoms with Gasteiger partial charge in [-0.1, -0.05) is 6.58 Å². The minimum Gasteiger partial charge on any atom is -0.268 e. The minimum absolute atomic E-state index is 0.788. The molecule has 10 heavy (non-hydrogen) atoms. The van der Waals surface area contributed by atoms with E-state index < -0.39 is 15.2 Å². The van der Waals surface area contributed by atoms with Crippen LogP contribution >= 0.6 is 10.7 Å². The molecule has 7 heteroatoms. The number of hydrogen-bond donors (Lipinski definition) is 1. The highest BCUT2D eigenvalue weighted by Gasteiger charge is 2.05. The zero-order valence-electron chi connectivity index (χ0n) is 4.70. The van der Waals surface area contributed by atoms with Crippen LogP contribution in [-0.4, -0.2) is 14.3 Å². The van der Waals surface area contributed by atoms with Crippen LogP contribution in [0.2, 0.25) is 0 Å². The highest BCUT2D eigenvalue weighted by molar-refractivity contribution is 8.09. The fourth-order valence-corrected chi connectivity index (χ4v) is 0.409. The molecule has 0 fully saturated rings. The summed E-state index contributed by atoms with van der Waals surface area (Å²) in [5.41, 5.74) is 1.50. The molecule has 0 aliphatic heterocycles. The van der Waals surface area contributed by atoms with E-state index in [1.807, 2.05) is 0 Å². The third-order valence-corrected chi connectivity index (χ3v) is 0.899. The molecule has 0 aliphatic rings. The van der Waals surface area contributed by atoms with Gasteiger partial charge in [0.05, 0.1) is 10.7 Å². The van der Waals surface area contributed by atoms with Gasteiger partial charge in [-0.05, 0) is 6.08 Å². The van der Waals surface area contributed by atoms with Gasteiger partial charge in [0.1, 0.15) is 0 Å². The Morgan fingerprint density at radius 1 is 1.70 bits per heavy atom. The highest BCUT2D eigenvalue weighted by atomic mass is 35.7. The van der Waals surface area contributed by atoms with Crippen LogP contribution in [-0.2, 0) is 18.4 Å². The van der Waals surface area contributed by atoms with E-state index in [0.29, 0.717) is 0 Å². The van der Waals surface area contributed by atoms with Crippen molar-refractivity contribution in [2.24, 2.45) is 0 Å². The van der Waals surface area contributed by atoms with Crippen molar-refractivity contribution >= 4 is 25.9 Å². The van der Waals surface area contributed by atoms with Crippen molar-refractivity contribution in [2.45, 2.75) is 0 Å². The van der Waals surface area contributed by atoms with Crippen LogP contribution in [0.25, 0.3) is 0 Å². The Kier molecular flexibility index (Phi) is 3.34. The molecule has 0 bridgehead atoms. The van der Waals surface area contributed by atoms with Crippen LogP contribution in [0, 0.1) is 0 Å². The monoisotopic (exact) mass is 185 g/mol. The summed E-state index contributed by atoms with van der Waals surface area (Å²) in [6.45, 7) is 3.03. The van der Waals surface area contributed by atoms with Gasteiger partial charge in [-0.2, -0.15) is 8.42 Å². The maximum absolute atomic E-state index is 10.2. The fourth-order valence-electron chi connectivity index (χ4n) is 0.133. The van der Waals surface area contributed by atoms with Crippen LogP contribution in [0.4, 0.5) is 0 Å². The van der Waals surface area contributed by atoms with Gasteiger partial charge in [0, 0.05) is 0 Å². The molecular formula is C3H4ClNO4S. The topological polar surface area (TPSA) is 72.5 Å². The molecule has 0 rings (SSSR count). The first-order valence-electron chi connectivity index (χ1n) is 2.01. The molecule has 5 nitrogen and oxygen atoms in total. The second-order valence-corrected chi connectivity index (χ2v) is 3.23. The molecule has 58 valence electrons. The number of amides is 1. The van der Waals surface area contributed by atoms with Crippen LogP contribution in [0.5, 0.6) is 0 Å². The molecule has 0 heterocycles. The second kappa shape index (κ2) is 3.55. The van der Waals surface area contributed by atoms with Gasteiger partial charge in [-0.25, -0.2) is 5.48 Å². The molecule has 0 aliphatic carbocycles. The number of nitrogens with one attached hydrogen (secondary N) is 1. The lowest BCUT2D eigenvalue weighted by Gasteiger charge is -1.95. The predicted octanol–water partition coefficient (Wildman–Crippen LogP) is -0.296. The first-order valence-corrected chi connectivity index (χ1v) is 4.24. The Bertz CT molecular complexity index is 233. The van der Waals surface area contributed by atoms with Gasteiger partial charge >= 0.3 is 9.33 Å². The summed E-state index contributed by atoms with van der Waals surface area (Å²) in [6.07, 6.45) is 0.835. The van der Waals surface area contributed by atoms with Crippen molar-refractivity contribution in [1.29, 1.82) is 0 Å². The molecule has 0 saturated heterocycles. The molecule has 0 aromatic carbocycles. The standard InChI is InChI=1S/C3H4ClNO4S/c1-2-3(6)5-9-10(4,7)8/h2H,1H2,(H,5,6). The Labute approximate surface area is 62.2 Å². The van der Waals surface area contributed by atoms with Gasteiger partial charge in [0.2, 0.25) is 0 Å². The van der Waals surface area contributed by atoms with Crippen molar-refractivity contribution < 1.29 is 17.5 Å². The van der Waals surface area contributed by atoms with Crippen molar-refractivity contribution in [3.05, 3.63) is 12.7 Å². The van der Waals surface area contributed by atoms with E-state index in [-0.39, 0.29) is 0 Å². The molecular weight excluding hydrogens is 182 g/mol. The van der Waals surface area contributed by atoms with E-state index in [4.69, 9.17) is 0 Å². The normalized spacial score (nSPS) is 10.5. The molecule has 0 unspecified atom stereocenters. The zero-order valence-corrected chi connectivity index (χ0v) is 6.28. The SMILES string of the molecule is C=CC(=O)NOS(=O)(=O)Cl. The van der Waals surface area contributed by atoms with Gasteiger partial charge in [0.25, 0.3) is 5.91 Å². The molecule has 0 spiro atoms. The van der Waals surface area contributed by atoms with Crippen LogP contribution < -0.4 is 5.48 Å². The van der Waals surface area contributed by atoms with Gasteiger partial charge < -0.3 is 0 Å². The summed E-state index contributed by atoms with van der Waals surface area (Å²) in [6, 6.07) is 0. The molecule has 0 aromatic heterocycles. The summed E-state index contributed by atoms with van der Waals surface area (Å²) in [5.74, 6) is -0.788. The highest BCUT2D eigenvalue weighted by Crippen LogP contribution is 1.93. The van der Waals surface area contributed by atoms with Crippen LogP contribution in [0.3, 0.4) is 0 Å². The van der Waals surface area contributed by atoms with E-state index in [1.165, 1.54) is 5.48 Å². The lowest BCUT2D eigenvalue weighted by molar-refractivity contribution is -0.122. The average Bonchev–Trinajstić information content (AvgIpc) is 1.81. The molecule has 0 atom stereocenters. The molecule has 1 amide bonds. The average molecular weight is 186 g/mol. The van der Waals surface area contributed by atoms with Gasteiger partial charge in [-0.3, -0.25) is 4.79 Å². The van der Waals surface area contributed by atoms with E-state index in [0.717, 1.165) is 6.08 Å². The van der Waals surface area contributed by atoms with E-state index in [2.05, 4.69) is 21.5 Å². The molecule has 0 saturated carbocycles. The summed E-state index contributed by atoms with van der Waals surface area (Å²) >= 11 is 0. The summed E-state index contributed by atoms with van der Waals surface area (Å²) < 4.78 is 23.5. The predicted molar refractivity (Wildman–Crippen MR) is 34.2 cm³/mol. The van der Waals surface area contributed by atoms with E-state index in [9.17, 15) is 13.2 Å². The molecule has 0 aromatic rings. The van der Waals surface area contributed by atoms with E-state index >= 15 is 0 Å². The van der Waals surface area contributed by atoms with Gasteiger partial charge in [-0.15, -0.1) is 4.28 Å². The summed E-state index contributed by atoms with van der Waals surface area (Å²) in [4.78, 5) is 10.2. The zero-order chi connectivity index (χ0) is 8.20. The number of carbonyl (C=O) groups excluding carboxylic acids is 1. The maximum atomic E-state index is 10.2. The smallest absolute Gasteiger partial charge is 0.268 e.